The molecule has 2 N–H and O–H groups in total. The van der Waals surface area contributed by atoms with Crippen molar-refractivity contribution in [3.05, 3.63) is 65.2 Å². The second-order valence-electron chi connectivity index (χ2n) is 7.22. The van der Waals surface area contributed by atoms with Crippen LogP contribution in [-0.2, 0) is 0 Å². The predicted molar refractivity (Wildman–Crippen MR) is 110 cm³/mol. The molecule has 0 saturated heterocycles. The summed E-state index contributed by atoms with van der Waals surface area (Å²) in [4.78, 5) is 26.8. The number of nitrogens with zero attached hydrogens (tertiary/aromatic N) is 1. The smallest absolute Gasteiger partial charge is 0.255 e. The zero-order valence-corrected chi connectivity index (χ0v) is 16.6. The number of hydrogen-bond donors (Lipinski definition) is 2. The summed E-state index contributed by atoms with van der Waals surface area (Å²) in [5.41, 5.74) is 2.91. The molecule has 144 valence electrons. The number of nitrogens with one attached hydrogen (secondary N) is 2. The molecule has 0 aliphatic rings. The maximum Gasteiger partial charge on any atom is 0.255 e. The van der Waals surface area contributed by atoms with Gasteiger partial charge in [-0.05, 0) is 68.9 Å². The summed E-state index contributed by atoms with van der Waals surface area (Å²) in [6.07, 6.45) is 0.880. The number of carbonyl (C=O) groups is 2. The third kappa shape index (κ3) is 6.53. The van der Waals surface area contributed by atoms with Crippen LogP contribution in [0.25, 0.3) is 0 Å². The van der Waals surface area contributed by atoms with Gasteiger partial charge in [-0.25, -0.2) is 0 Å². The van der Waals surface area contributed by atoms with Gasteiger partial charge >= 0.3 is 0 Å². The van der Waals surface area contributed by atoms with Crippen molar-refractivity contribution in [1.29, 1.82) is 0 Å². The highest BCUT2D eigenvalue weighted by molar-refractivity contribution is 6.06. The van der Waals surface area contributed by atoms with Gasteiger partial charge in [-0.2, -0.15) is 0 Å². The molecule has 0 spiro atoms. The largest absolute Gasteiger partial charge is 0.352 e. The Hall–Kier alpha value is -2.66. The summed E-state index contributed by atoms with van der Waals surface area (Å²) < 4.78 is 0. The highest BCUT2D eigenvalue weighted by Crippen LogP contribution is 2.18. The molecule has 2 aromatic carbocycles. The Morgan fingerprint density at radius 3 is 2.19 bits per heavy atom. The van der Waals surface area contributed by atoms with E-state index < -0.39 is 0 Å². The van der Waals surface area contributed by atoms with Crippen LogP contribution in [0.2, 0.25) is 0 Å². The van der Waals surface area contributed by atoms with Crippen LogP contribution in [0.3, 0.4) is 0 Å². The van der Waals surface area contributed by atoms with E-state index >= 15 is 0 Å². The Balaban J connectivity index is 1.97. The van der Waals surface area contributed by atoms with Crippen molar-refractivity contribution < 1.29 is 9.59 Å². The first-order valence-electron chi connectivity index (χ1n) is 9.31. The van der Waals surface area contributed by atoms with E-state index in [4.69, 9.17) is 0 Å². The summed E-state index contributed by atoms with van der Waals surface area (Å²) in [5.74, 6) is 0.0573. The first-order valence-corrected chi connectivity index (χ1v) is 9.31. The standard InChI is InChI=1S/C22H29N3O2/c1-16(2)17-9-11-20(12-10-17)24-22(27)19-8-5-7-18(15-19)21(26)23-13-6-14-25(3)4/h5,7-12,15-16H,6,13-14H2,1-4H3,(H,23,26)(H,24,27). The number of rotatable bonds is 8. The molecule has 0 aliphatic carbocycles. The van der Waals surface area contributed by atoms with E-state index in [0.717, 1.165) is 18.7 Å². The van der Waals surface area contributed by atoms with Crippen LogP contribution in [0, 0.1) is 0 Å². The lowest BCUT2D eigenvalue weighted by Gasteiger charge is -2.11. The lowest BCUT2D eigenvalue weighted by molar-refractivity contribution is 0.0952. The average molecular weight is 367 g/mol. The van der Waals surface area contributed by atoms with Crippen LogP contribution in [0.15, 0.2) is 48.5 Å². The van der Waals surface area contributed by atoms with Gasteiger partial charge in [0.1, 0.15) is 0 Å². The third-order valence-electron chi connectivity index (χ3n) is 4.29. The minimum atomic E-state index is -0.227. The highest BCUT2D eigenvalue weighted by atomic mass is 16.2. The molecule has 0 aromatic heterocycles. The van der Waals surface area contributed by atoms with Crippen molar-refractivity contribution in [3.63, 3.8) is 0 Å². The maximum absolute atomic E-state index is 12.5. The summed E-state index contributed by atoms with van der Waals surface area (Å²) in [6, 6.07) is 14.6. The number of amides is 2. The van der Waals surface area contributed by atoms with Crippen LogP contribution in [0.4, 0.5) is 5.69 Å². The Morgan fingerprint density at radius 1 is 0.963 bits per heavy atom. The molecule has 2 amide bonds. The first kappa shape index (κ1) is 20.6. The molecule has 0 unspecified atom stereocenters. The van der Waals surface area contributed by atoms with E-state index in [1.54, 1.807) is 24.3 Å². The topological polar surface area (TPSA) is 61.4 Å². The third-order valence-corrected chi connectivity index (χ3v) is 4.29. The number of anilines is 1. The quantitative estimate of drug-likeness (QED) is 0.699. The SMILES string of the molecule is CC(C)c1ccc(NC(=O)c2cccc(C(=O)NCCCN(C)C)c2)cc1. The van der Waals surface area contributed by atoms with Gasteiger partial charge < -0.3 is 15.5 Å². The van der Waals surface area contributed by atoms with Gasteiger partial charge in [0.15, 0.2) is 0 Å². The summed E-state index contributed by atoms with van der Waals surface area (Å²) in [5, 5.41) is 5.77. The average Bonchev–Trinajstić information content (AvgIpc) is 2.65. The normalized spacial score (nSPS) is 10.9. The fourth-order valence-corrected chi connectivity index (χ4v) is 2.66. The van der Waals surface area contributed by atoms with Crippen molar-refractivity contribution in [3.8, 4) is 0 Å². The molecular weight excluding hydrogens is 338 g/mol. The Morgan fingerprint density at radius 2 is 1.59 bits per heavy atom. The minimum absolute atomic E-state index is 0.162. The lowest BCUT2D eigenvalue weighted by atomic mass is 10.0. The second-order valence-corrected chi connectivity index (χ2v) is 7.22. The van der Waals surface area contributed by atoms with E-state index in [1.807, 2.05) is 38.4 Å². The van der Waals surface area contributed by atoms with Crippen molar-refractivity contribution in [2.45, 2.75) is 26.2 Å². The monoisotopic (exact) mass is 367 g/mol. The molecule has 0 atom stereocenters. The molecule has 0 bridgehead atoms. The van der Waals surface area contributed by atoms with E-state index in [0.29, 0.717) is 23.6 Å². The van der Waals surface area contributed by atoms with E-state index in [-0.39, 0.29) is 11.8 Å². The maximum atomic E-state index is 12.5. The molecular formula is C22H29N3O2. The van der Waals surface area contributed by atoms with Gasteiger partial charge in [0.25, 0.3) is 11.8 Å². The molecule has 5 heteroatoms. The first-order chi connectivity index (χ1) is 12.9. The molecule has 0 fully saturated rings. The van der Waals surface area contributed by atoms with E-state index in [2.05, 4.69) is 29.4 Å². The van der Waals surface area contributed by atoms with Gasteiger partial charge in [-0.1, -0.05) is 32.0 Å². The van der Waals surface area contributed by atoms with Crippen LogP contribution >= 0.6 is 0 Å². The summed E-state index contributed by atoms with van der Waals surface area (Å²) in [7, 11) is 4.00. The molecule has 0 heterocycles. The predicted octanol–water partition coefficient (Wildman–Crippen LogP) is 3.74. The number of carbonyl (C=O) groups excluding carboxylic acids is 2. The van der Waals surface area contributed by atoms with Gasteiger partial charge in [0, 0.05) is 23.4 Å². The Kier molecular flexibility index (Phi) is 7.55. The Bertz CT molecular complexity index is 767. The zero-order chi connectivity index (χ0) is 19.8. The van der Waals surface area contributed by atoms with Crippen LogP contribution in [-0.4, -0.2) is 43.9 Å². The minimum Gasteiger partial charge on any atom is -0.352 e. The zero-order valence-electron chi connectivity index (χ0n) is 16.6. The number of benzene rings is 2. The van der Waals surface area contributed by atoms with Crippen molar-refractivity contribution >= 4 is 17.5 Å². The summed E-state index contributed by atoms with van der Waals surface area (Å²) in [6.45, 7) is 5.78. The molecule has 0 radical (unpaired) electrons. The summed E-state index contributed by atoms with van der Waals surface area (Å²) >= 11 is 0. The van der Waals surface area contributed by atoms with Gasteiger partial charge in [0.2, 0.25) is 0 Å². The Labute approximate surface area is 161 Å². The lowest BCUT2D eigenvalue weighted by Crippen LogP contribution is -2.27. The van der Waals surface area contributed by atoms with Crippen LogP contribution in [0.1, 0.15) is 52.5 Å². The highest BCUT2D eigenvalue weighted by Gasteiger charge is 2.11. The molecule has 0 saturated carbocycles. The van der Waals surface area contributed by atoms with Crippen molar-refractivity contribution in [2.24, 2.45) is 0 Å². The second kappa shape index (κ2) is 9.88. The van der Waals surface area contributed by atoms with Crippen LogP contribution < -0.4 is 10.6 Å². The molecule has 2 aromatic rings. The molecule has 0 aliphatic heterocycles. The van der Waals surface area contributed by atoms with Crippen LogP contribution in [0.5, 0.6) is 0 Å². The van der Waals surface area contributed by atoms with E-state index in [9.17, 15) is 9.59 Å². The number of hydrogen-bond acceptors (Lipinski definition) is 3. The fourth-order valence-electron chi connectivity index (χ4n) is 2.66. The van der Waals surface area contributed by atoms with Gasteiger partial charge in [-0.15, -0.1) is 0 Å². The van der Waals surface area contributed by atoms with Gasteiger partial charge in [-0.3, -0.25) is 9.59 Å². The van der Waals surface area contributed by atoms with E-state index in [1.165, 1.54) is 5.56 Å². The van der Waals surface area contributed by atoms with Gasteiger partial charge in [0.05, 0.1) is 0 Å². The van der Waals surface area contributed by atoms with Crippen molar-refractivity contribution in [2.75, 3.05) is 32.5 Å². The van der Waals surface area contributed by atoms with Crippen molar-refractivity contribution in [1.82, 2.24) is 10.2 Å². The molecule has 27 heavy (non-hydrogen) atoms. The molecule has 2 rings (SSSR count). The molecule has 5 nitrogen and oxygen atoms in total. The fraction of sp³-hybridized carbons (Fsp3) is 0.364.